The van der Waals surface area contributed by atoms with Crippen molar-refractivity contribution in [3.63, 3.8) is 0 Å². The smallest absolute Gasteiger partial charge is 0.317 e. The van der Waals surface area contributed by atoms with Gasteiger partial charge in [-0.2, -0.15) is 0 Å². The predicted molar refractivity (Wildman–Crippen MR) is 97.5 cm³/mol. The lowest BCUT2D eigenvalue weighted by Gasteiger charge is -2.27. The molecule has 1 atom stereocenters. The van der Waals surface area contributed by atoms with Crippen LogP contribution < -0.4 is 5.32 Å². The standard InChI is InChI=1S/C20H27N3O2/c1-5-17(18-14(2)22-25-15(18)3)21-19(24)23(4)13-20(11-12-20)16-9-7-6-8-10-16/h6-10,17H,5,11-13H2,1-4H3,(H,21,24)/t17-/m0/s1. The summed E-state index contributed by atoms with van der Waals surface area (Å²) in [6, 6.07) is 10.4. The third-order valence-corrected chi connectivity index (χ3v) is 5.27. The van der Waals surface area contributed by atoms with Crippen molar-refractivity contribution in [2.45, 2.75) is 51.5 Å². The molecule has 0 saturated heterocycles. The molecular weight excluding hydrogens is 314 g/mol. The summed E-state index contributed by atoms with van der Waals surface area (Å²) in [4.78, 5) is 14.5. The van der Waals surface area contributed by atoms with Crippen LogP contribution in [0.3, 0.4) is 0 Å². The van der Waals surface area contributed by atoms with Gasteiger partial charge in [0.25, 0.3) is 0 Å². The molecule has 134 valence electrons. The molecule has 0 unspecified atom stereocenters. The number of likely N-dealkylation sites (N-methyl/N-ethyl adjacent to an activating group) is 1. The maximum Gasteiger partial charge on any atom is 0.317 e. The largest absolute Gasteiger partial charge is 0.361 e. The molecule has 2 amide bonds. The Morgan fingerprint density at radius 3 is 2.52 bits per heavy atom. The second-order valence-electron chi connectivity index (χ2n) is 7.15. The fourth-order valence-electron chi connectivity index (χ4n) is 3.63. The fraction of sp³-hybridized carbons (Fsp3) is 0.500. The normalized spacial score (nSPS) is 16.3. The van der Waals surface area contributed by atoms with Crippen molar-refractivity contribution in [3.05, 3.63) is 52.9 Å². The SMILES string of the molecule is CC[C@H](NC(=O)N(C)CC1(c2ccccc2)CC1)c1c(C)noc1C. The Labute approximate surface area is 149 Å². The molecule has 1 aliphatic carbocycles. The Bertz CT molecular complexity index is 715. The van der Waals surface area contributed by atoms with Crippen LogP contribution in [0.4, 0.5) is 4.79 Å². The van der Waals surface area contributed by atoms with Gasteiger partial charge in [0.1, 0.15) is 5.76 Å². The Balaban J connectivity index is 1.67. The fourth-order valence-corrected chi connectivity index (χ4v) is 3.63. The monoisotopic (exact) mass is 341 g/mol. The van der Waals surface area contributed by atoms with Crippen LogP contribution in [-0.2, 0) is 5.41 Å². The summed E-state index contributed by atoms with van der Waals surface area (Å²) in [5.74, 6) is 0.773. The zero-order valence-electron chi connectivity index (χ0n) is 15.5. The lowest BCUT2D eigenvalue weighted by Crippen LogP contribution is -2.42. The van der Waals surface area contributed by atoms with E-state index in [1.54, 1.807) is 4.90 Å². The van der Waals surface area contributed by atoms with Gasteiger partial charge in [0.05, 0.1) is 11.7 Å². The molecule has 1 fully saturated rings. The van der Waals surface area contributed by atoms with Gasteiger partial charge in [0, 0.05) is 24.6 Å². The molecule has 5 heteroatoms. The number of hydrogen-bond acceptors (Lipinski definition) is 3. The van der Waals surface area contributed by atoms with Gasteiger partial charge in [0.2, 0.25) is 0 Å². The first-order valence-corrected chi connectivity index (χ1v) is 8.97. The minimum absolute atomic E-state index is 0.0472. The third kappa shape index (κ3) is 3.55. The number of nitrogens with one attached hydrogen (secondary N) is 1. The van der Waals surface area contributed by atoms with Crippen LogP contribution in [0, 0.1) is 13.8 Å². The summed E-state index contributed by atoms with van der Waals surface area (Å²) >= 11 is 0. The Hall–Kier alpha value is -2.30. The highest BCUT2D eigenvalue weighted by Crippen LogP contribution is 2.48. The molecule has 1 aliphatic rings. The molecule has 1 aromatic carbocycles. The number of nitrogens with zero attached hydrogens (tertiary/aromatic N) is 2. The lowest BCUT2D eigenvalue weighted by molar-refractivity contribution is 0.199. The highest BCUT2D eigenvalue weighted by Gasteiger charge is 2.45. The first-order valence-electron chi connectivity index (χ1n) is 8.97. The molecule has 5 nitrogen and oxygen atoms in total. The maximum absolute atomic E-state index is 12.7. The average Bonchev–Trinajstić information content (AvgIpc) is 3.33. The number of hydrogen-bond donors (Lipinski definition) is 1. The predicted octanol–water partition coefficient (Wildman–Crippen LogP) is 4.12. The van der Waals surface area contributed by atoms with Crippen LogP contribution in [0.2, 0.25) is 0 Å². The van der Waals surface area contributed by atoms with Crippen LogP contribution in [-0.4, -0.2) is 29.7 Å². The van der Waals surface area contributed by atoms with Gasteiger partial charge in [-0.25, -0.2) is 4.79 Å². The number of aryl methyl sites for hydroxylation is 2. The minimum Gasteiger partial charge on any atom is -0.361 e. The topological polar surface area (TPSA) is 58.4 Å². The van der Waals surface area contributed by atoms with E-state index in [-0.39, 0.29) is 17.5 Å². The van der Waals surface area contributed by atoms with E-state index in [1.165, 1.54) is 5.56 Å². The van der Waals surface area contributed by atoms with Crippen molar-refractivity contribution in [2.75, 3.05) is 13.6 Å². The molecule has 1 heterocycles. The van der Waals surface area contributed by atoms with Crippen molar-refractivity contribution in [2.24, 2.45) is 0 Å². The summed E-state index contributed by atoms with van der Waals surface area (Å²) in [5, 5.41) is 7.15. The lowest BCUT2D eigenvalue weighted by atomic mass is 9.95. The molecule has 0 aliphatic heterocycles. The van der Waals surface area contributed by atoms with E-state index >= 15 is 0 Å². The van der Waals surface area contributed by atoms with Crippen LogP contribution in [0.5, 0.6) is 0 Å². The van der Waals surface area contributed by atoms with Gasteiger partial charge in [-0.05, 0) is 38.7 Å². The molecule has 2 aromatic rings. The van der Waals surface area contributed by atoms with Crippen molar-refractivity contribution in [3.8, 4) is 0 Å². The summed E-state index contributed by atoms with van der Waals surface area (Å²) < 4.78 is 5.25. The first kappa shape index (κ1) is 17.5. The number of carbonyl (C=O) groups excluding carboxylic acids is 1. The molecule has 1 N–H and O–H groups in total. The van der Waals surface area contributed by atoms with E-state index in [1.807, 2.05) is 27.0 Å². The summed E-state index contributed by atoms with van der Waals surface area (Å²) in [6.07, 6.45) is 3.07. The number of amides is 2. The number of aromatic nitrogens is 1. The molecule has 1 saturated carbocycles. The molecule has 1 aromatic heterocycles. The molecular formula is C20H27N3O2. The highest BCUT2D eigenvalue weighted by atomic mass is 16.5. The van der Waals surface area contributed by atoms with Gasteiger partial charge in [-0.15, -0.1) is 0 Å². The zero-order chi connectivity index (χ0) is 18.0. The maximum atomic E-state index is 12.7. The quantitative estimate of drug-likeness (QED) is 0.860. The van der Waals surface area contributed by atoms with E-state index < -0.39 is 0 Å². The van der Waals surface area contributed by atoms with E-state index in [9.17, 15) is 4.79 Å². The number of rotatable bonds is 6. The minimum atomic E-state index is -0.0759. The van der Waals surface area contributed by atoms with Crippen molar-refractivity contribution in [1.82, 2.24) is 15.4 Å². The van der Waals surface area contributed by atoms with Crippen LogP contribution >= 0.6 is 0 Å². The second kappa shape index (κ2) is 6.90. The van der Waals surface area contributed by atoms with Crippen LogP contribution in [0.1, 0.15) is 54.8 Å². The number of urea groups is 1. The average molecular weight is 341 g/mol. The summed E-state index contributed by atoms with van der Waals surface area (Å²) in [7, 11) is 1.87. The van der Waals surface area contributed by atoms with Gasteiger partial charge in [-0.1, -0.05) is 42.4 Å². The van der Waals surface area contributed by atoms with Gasteiger partial charge >= 0.3 is 6.03 Å². The van der Waals surface area contributed by atoms with Gasteiger partial charge < -0.3 is 14.7 Å². The van der Waals surface area contributed by atoms with Crippen molar-refractivity contribution >= 4 is 6.03 Å². The summed E-state index contributed by atoms with van der Waals surface area (Å²) in [5.41, 5.74) is 3.29. The molecule has 25 heavy (non-hydrogen) atoms. The summed E-state index contributed by atoms with van der Waals surface area (Å²) in [6.45, 7) is 6.60. The molecule has 0 radical (unpaired) electrons. The molecule has 3 rings (SSSR count). The third-order valence-electron chi connectivity index (χ3n) is 5.27. The Morgan fingerprint density at radius 1 is 1.32 bits per heavy atom. The number of benzene rings is 1. The van der Waals surface area contributed by atoms with Gasteiger partial charge in [0.15, 0.2) is 0 Å². The van der Waals surface area contributed by atoms with E-state index in [0.717, 1.165) is 42.8 Å². The second-order valence-corrected chi connectivity index (χ2v) is 7.15. The van der Waals surface area contributed by atoms with Crippen molar-refractivity contribution in [1.29, 1.82) is 0 Å². The van der Waals surface area contributed by atoms with Crippen LogP contribution in [0.25, 0.3) is 0 Å². The molecule has 0 bridgehead atoms. The first-order chi connectivity index (χ1) is 12.0. The van der Waals surface area contributed by atoms with E-state index in [0.29, 0.717) is 0 Å². The van der Waals surface area contributed by atoms with E-state index in [4.69, 9.17) is 4.52 Å². The Kier molecular flexibility index (Phi) is 4.84. The van der Waals surface area contributed by atoms with Crippen molar-refractivity contribution < 1.29 is 9.32 Å². The number of carbonyl (C=O) groups is 1. The molecule has 0 spiro atoms. The van der Waals surface area contributed by atoms with E-state index in [2.05, 4.69) is 41.7 Å². The van der Waals surface area contributed by atoms with Crippen LogP contribution in [0.15, 0.2) is 34.9 Å². The zero-order valence-corrected chi connectivity index (χ0v) is 15.5. The highest BCUT2D eigenvalue weighted by molar-refractivity contribution is 5.74. The Morgan fingerprint density at radius 2 is 2.00 bits per heavy atom. The van der Waals surface area contributed by atoms with Gasteiger partial charge in [-0.3, -0.25) is 0 Å².